The fourth-order valence-electron chi connectivity index (χ4n) is 12.4. The first-order valence-electron chi connectivity index (χ1n) is 24.3. The summed E-state index contributed by atoms with van der Waals surface area (Å²) >= 11 is 0. The van der Waals surface area contributed by atoms with Gasteiger partial charge >= 0.3 is 0 Å². The molecule has 0 bridgehead atoms. The summed E-state index contributed by atoms with van der Waals surface area (Å²) in [5.41, 5.74) is 25.1. The molecular formula is C68H46N2. The average Bonchev–Trinajstić information content (AvgIpc) is 4.12. The van der Waals surface area contributed by atoms with Gasteiger partial charge in [0.15, 0.2) is 0 Å². The van der Waals surface area contributed by atoms with Gasteiger partial charge in [-0.15, -0.1) is 0 Å². The van der Waals surface area contributed by atoms with Crippen molar-refractivity contribution in [2.75, 3.05) is 4.90 Å². The molecule has 328 valence electrons. The summed E-state index contributed by atoms with van der Waals surface area (Å²) in [7, 11) is 0. The molecule has 1 atom stereocenters. The molecule has 1 heterocycles. The van der Waals surface area contributed by atoms with E-state index in [1.807, 2.05) is 0 Å². The number of rotatable bonds is 8. The van der Waals surface area contributed by atoms with Gasteiger partial charge in [0.2, 0.25) is 0 Å². The zero-order valence-electron chi connectivity index (χ0n) is 38.8. The van der Waals surface area contributed by atoms with Gasteiger partial charge in [0.25, 0.3) is 0 Å². The maximum absolute atomic E-state index is 4.51. The van der Waals surface area contributed by atoms with Gasteiger partial charge in [-0.2, -0.15) is 0 Å². The third-order valence-electron chi connectivity index (χ3n) is 15.2. The smallest absolute Gasteiger partial charge is 0.0726 e. The number of aromatic nitrogens is 1. The maximum atomic E-state index is 4.51. The minimum Gasteiger partial charge on any atom is -0.310 e. The monoisotopic (exact) mass is 890 g/mol. The van der Waals surface area contributed by atoms with Crippen LogP contribution in [0, 0.1) is 0 Å². The quantitative estimate of drug-likeness (QED) is 0.148. The molecule has 0 aliphatic heterocycles. The van der Waals surface area contributed by atoms with Gasteiger partial charge in [0.05, 0.1) is 16.6 Å². The summed E-state index contributed by atoms with van der Waals surface area (Å²) < 4.78 is 2.48. The lowest BCUT2D eigenvalue weighted by atomic mass is 9.69. The minimum absolute atomic E-state index is 0.526. The average molecular weight is 891 g/mol. The van der Waals surface area contributed by atoms with Crippen molar-refractivity contribution in [3.8, 4) is 61.5 Å². The van der Waals surface area contributed by atoms with Crippen molar-refractivity contribution < 1.29 is 0 Å². The molecule has 11 aromatic rings. The first-order valence-corrected chi connectivity index (χ1v) is 24.3. The number of allylic oxidation sites excluding steroid dienone is 5. The van der Waals surface area contributed by atoms with Gasteiger partial charge in [-0.05, 0) is 145 Å². The Morgan fingerprint density at radius 2 is 1.04 bits per heavy atom. The van der Waals surface area contributed by atoms with Crippen LogP contribution in [-0.4, -0.2) is 4.57 Å². The Labute approximate surface area is 408 Å². The van der Waals surface area contributed by atoms with E-state index in [1.54, 1.807) is 0 Å². The Kier molecular flexibility index (Phi) is 8.90. The molecule has 0 radical (unpaired) electrons. The highest BCUT2D eigenvalue weighted by atomic mass is 15.1. The molecule has 2 nitrogen and oxygen atoms in total. The van der Waals surface area contributed by atoms with E-state index in [0.29, 0.717) is 0 Å². The lowest BCUT2D eigenvalue weighted by Crippen LogP contribution is -2.27. The van der Waals surface area contributed by atoms with Gasteiger partial charge < -0.3 is 9.47 Å². The first kappa shape index (κ1) is 40.1. The number of hydrogen-bond acceptors (Lipinski definition) is 1. The zero-order chi connectivity index (χ0) is 46.5. The van der Waals surface area contributed by atoms with Crippen LogP contribution in [0.4, 0.5) is 17.1 Å². The van der Waals surface area contributed by atoms with Crippen LogP contribution >= 0.6 is 0 Å². The van der Waals surface area contributed by atoms with Crippen LogP contribution < -0.4 is 4.90 Å². The van der Waals surface area contributed by atoms with Crippen molar-refractivity contribution >= 4 is 44.3 Å². The van der Waals surface area contributed by atoms with Gasteiger partial charge in [-0.25, -0.2) is 0 Å². The summed E-state index contributed by atoms with van der Waals surface area (Å²) in [5, 5.41) is 3.88. The molecule has 0 saturated heterocycles. The summed E-state index contributed by atoms with van der Waals surface area (Å²) in [6.45, 7) is 6.62. The first-order chi connectivity index (χ1) is 34.6. The van der Waals surface area contributed by atoms with Crippen LogP contribution in [0.1, 0.15) is 29.2 Å². The van der Waals surface area contributed by atoms with Crippen LogP contribution in [0.3, 0.4) is 0 Å². The standard InChI is InChI=1S/C68H46N2/c1-3-18-53-54-27-11-13-31-61(54)68(60(53)4-2)62-32-14-12-28-55(62)56-40-38-52(43-63(56)68)69(51-26-15-23-47(41-51)44-19-7-5-8-20-44)50-36-33-45(34-37-50)48-35-39-57-64(42-48)70(49-24-9-6-10-25-49)67-59-30-17-22-46-21-16-29-58(65(46)59)66(57)67/h3-43H,2H2,1H3/b18-3-. The van der Waals surface area contributed by atoms with Crippen molar-refractivity contribution in [3.05, 3.63) is 283 Å². The molecule has 10 aromatic carbocycles. The summed E-state index contributed by atoms with van der Waals surface area (Å²) in [6.07, 6.45) is 6.53. The second-order valence-electron chi connectivity index (χ2n) is 18.7. The zero-order valence-corrected chi connectivity index (χ0v) is 38.8. The van der Waals surface area contributed by atoms with Gasteiger partial charge in [-0.1, -0.05) is 201 Å². The fraction of sp³-hybridized carbons (Fsp3) is 0.0294. The molecule has 0 saturated carbocycles. The van der Waals surface area contributed by atoms with Crippen LogP contribution in [0.15, 0.2) is 261 Å². The van der Waals surface area contributed by atoms with E-state index in [4.69, 9.17) is 0 Å². The number of benzene rings is 10. The number of fused-ring (bicyclic) bond motifs is 12. The summed E-state index contributed by atoms with van der Waals surface area (Å²) in [4.78, 5) is 2.44. The topological polar surface area (TPSA) is 8.17 Å². The largest absolute Gasteiger partial charge is 0.310 e. The van der Waals surface area contributed by atoms with E-state index >= 15 is 0 Å². The lowest BCUT2D eigenvalue weighted by Gasteiger charge is -2.33. The molecule has 1 spiro atoms. The van der Waals surface area contributed by atoms with Crippen LogP contribution in [0.25, 0.3) is 88.7 Å². The van der Waals surface area contributed by atoms with Crippen LogP contribution in [-0.2, 0) is 5.41 Å². The van der Waals surface area contributed by atoms with E-state index in [2.05, 4.69) is 272 Å². The Balaban J connectivity index is 0.942. The van der Waals surface area contributed by atoms with Crippen molar-refractivity contribution in [1.29, 1.82) is 0 Å². The third kappa shape index (κ3) is 5.62. The van der Waals surface area contributed by atoms with E-state index < -0.39 is 5.41 Å². The van der Waals surface area contributed by atoms with E-state index in [-0.39, 0.29) is 0 Å². The van der Waals surface area contributed by atoms with E-state index in [0.717, 1.165) is 28.3 Å². The molecule has 70 heavy (non-hydrogen) atoms. The molecule has 14 rings (SSSR count). The number of nitrogens with zero attached hydrogens (tertiary/aromatic N) is 2. The Bertz CT molecular complexity index is 4010. The van der Waals surface area contributed by atoms with Crippen molar-refractivity contribution in [1.82, 2.24) is 4.57 Å². The van der Waals surface area contributed by atoms with Gasteiger partial charge in [0.1, 0.15) is 0 Å². The molecule has 2 heteroatoms. The second-order valence-corrected chi connectivity index (χ2v) is 18.7. The molecule has 0 amide bonds. The Morgan fingerprint density at radius 1 is 0.457 bits per heavy atom. The third-order valence-corrected chi connectivity index (χ3v) is 15.2. The molecule has 3 aliphatic rings. The van der Waals surface area contributed by atoms with Gasteiger partial charge in [0, 0.05) is 39.3 Å². The van der Waals surface area contributed by atoms with Crippen molar-refractivity contribution in [2.45, 2.75) is 12.3 Å². The fourth-order valence-corrected chi connectivity index (χ4v) is 12.4. The highest BCUT2D eigenvalue weighted by molar-refractivity contribution is 6.22. The normalized spacial score (nSPS) is 14.9. The number of para-hydroxylation sites is 1. The number of hydrogen-bond donors (Lipinski definition) is 0. The Hall–Kier alpha value is -8.98. The maximum Gasteiger partial charge on any atom is 0.0726 e. The van der Waals surface area contributed by atoms with E-state index in [1.165, 1.54) is 105 Å². The van der Waals surface area contributed by atoms with Crippen LogP contribution in [0.2, 0.25) is 0 Å². The summed E-state index contributed by atoms with van der Waals surface area (Å²) in [6, 6.07) is 85.2. The molecule has 0 N–H and O–H groups in total. The molecule has 3 aliphatic carbocycles. The highest BCUT2D eigenvalue weighted by Gasteiger charge is 2.52. The van der Waals surface area contributed by atoms with Crippen LogP contribution in [0.5, 0.6) is 0 Å². The minimum atomic E-state index is -0.526. The summed E-state index contributed by atoms with van der Waals surface area (Å²) in [5.74, 6) is 0. The SMILES string of the molecule is C=CC1=C(/C=C\C)c2ccccc2C12c1ccccc1-c1ccc(N(c3ccc(-c4ccc5c6c(n(-c7ccccc7)c5c4)-c4cccc5cccc-6c45)cc3)c3cccc(-c4ccccc4)c3)cc12. The van der Waals surface area contributed by atoms with Gasteiger partial charge in [-0.3, -0.25) is 0 Å². The molecule has 1 unspecified atom stereocenters. The van der Waals surface area contributed by atoms with E-state index in [9.17, 15) is 0 Å². The predicted octanol–water partition coefficient (Wildman–Crippen LogP) is 18.1. The highest BCUT2D eigenvalue weighted by Crippen LogP contribution is 2.63. The molecular weight excluding hydrogens is 845 g/mol. The van der Waals surface area contributed by atoms with Crippen molar-refractivity contribution in [3.63, 3.8) is 0 Å². The lowest BCUT2D eigenvalue weighted by molar-refractivity contribution is 0.786. The molecule has 1 aromatic heterocycles. The second kappa shape index (κ2) is 15.5. The predicted molar refractivity (Wildman–Crippen MR) is 294 cm³/mol. The Morgan fingerprint density at radius 3 is 1.81 bits per heavy atom. The number of anilines is 3. The molecule has 0 fully saturated rings. The van der Waals surface area contributed by atoms with Crippen molar-refractivity contribution in [2.24, 2.45) is 0 Å².